The molecule has 0 aliphatic carbocycles. The quantitative estimate of drug-likeness (QED) is 0.717. The lowest BCUT2D eigenvalue weighted by atomic mass is 10.2. The molecule has 0 aliphatic rings. The van der Waals surface area contributed by atoms with E-state index in [1.165, 1.54) is 16.9 Å². The number of benzene rings is 1. The average Bonchev–Trinajstić information content (AvgIpc) is 2.79. The Morgan fingerprint density at radius 2 is 2.07 bits per heavy atom. The second kappa shape index (κ2) is 5.22. The van der Waals surface area contributed by atoms with E-state index < -0.39 is 0 Å². The van der Waals surface area contributed by atoms with Crippen LogP contribution in [0.1, 0.15) is 5.56 Å². The fourth-order valence-electron chi connectivity index (χ4n) is 1.10. The Labute approximate surface area is 92.6 Å². The molecule has 0 N–H and O–H groups in total. The number of rotatable bonds is 3. The first-order valence-corrected chi connectivity index (χ1v) is 5.48. The summed E-state index contributed by atoms with van der Waals surface area (Å²) in [5.74, 6) is 0. The maximum Gasteiger partial charge on any atom is 0.208 e. The number of allylic oxidation sites excluding steroid dienone is 1. The predicted octanol–water partition coefficient (Wildman–Crippen LogP) is 3.56. The van der Waals surface area contributed by atoms with Gasteiger partial charge in [0.15, 0.2) is 0 Å². The zero-order valence-electron chi connectivity index (χ0n) is 8.08. The molecule has 0 fully saturated rings. The minimum Gasteiger partial charge on any atom is -0.228 e. The molecule has 1 heterocycles. The molecule has 2 nitrogen and oxygen atoms in total. The molecule has 2 rings (SSSR count). The largest absolute Gasteiger partial charge is 0.228 e. The molecule has 74 valence electrons. The summed E-state index contributed by atoms with van der Waals surface area (Å²) in [5.41, 5.74) is 1.17. The van der Waals surface area contributed by atoms with Crippen LogP contribution in [0.3, 0.4) is 0 Å². The number of thiazole rings is 1. The Balaban J connectivity index is 1.96. The average molecular weight is 214 g/mol. The maximum atomic E-state index is 4.18. The standard InChI is InChI=1S/C12H10N2S/c1-2-5-11(6-3-1)7-4-8-13-12-14-9-10-15-12/h1-10H. The topological polar surface area (TPSA) is 25.2 Å². The molecule has 0 saturated heterocycles. The highest BCUT2D eigenvalue weighted by Gasteiger charge is 1.85. The molecule has 15 heavy (non-hydrogen) atoms. The number of aliphatic imine (C=N–C) groups is 1. The molecule has 2 aromatic rings. The molecule has 0 amide bonds. The molecule has 0 aliphatic heterocycles. The van der Waals surface area contributed by atoms with Gasteiger partial charge in [-0.1, -0.05) is 36.4 Å². The van der Waals surface area contributed by atoms with Crippen molar-refractivity contribution in [1.29, 1.82) is 0 Å². The number of nitrogens with zero attached hydrogens (tertiary/aromatic N) is 2. The number of aromatic nitrogens is 1. The van der Waals surface area contributed by atoms with Crippen LogP contribution in [0.2, 0.25) is 0 Å². The van der Waals surface area contributed by atoms with E-state index in [1.807, 2.05) is 47.9 Å². The summed E-state index contributed by atoms with van der Waals surface area (Å²) < 4.78 is 0. The summed E-state index contributed by atoms with van der Waals surface area (Å²) in [6.07, 6.45) is 7.43. The van der Waals surface area contributed by atoms with Gasteiger partial charge >= 0.3 is 0 Å². The van der Waals surface area contributed by atoms with Gasteiger partial charge in [-0.2, -0.15) is 0 Å². The van der Waals surface area contributed by atoms with Crippen LogP contribution in [0.25, 0.3) is 6.08 Å². The third-order valence-corrected chi connectivity index (χ3v) is 2.46. The van der Waals surface area contributed by atoms with Gasteiger partial charge in [0.05, 0.1) is 0 Å². The van der Waals surface area contributed by atoms with E-state index in [2.05, 4.69) is 9.98 Å². The highest BCUT2D eigenvalue weighted by molar-refractivity contribution is 7.13. The molecule has 1 aromatic carbocycles. The predicted molar refractivity (Wildman–Crippen MR) is 65.7 cm³/mol. The van der Waals surface area contributed by atoms with Crippen LogP contribution >= 0.6 is 11.3 Å². The molecule has 0 atom stereocenters. The number of hydrogen-bond acceptors (Lipinski definition) is 3. The van der Waals surface area contributed by atoms with Crippen LogP contribution in [0.15, 0.2) is 53.0 Å². The van der Waals surface area contributed by atoms with E-state index in [9.17, 15) is 0 Å². The highest BCUT2D eigenvalue weighted by Crippen LogP contribution is 2.13. The van der Waals surface area contributed by atoms with Crippen molar-refractivity contribution >= 4 is 28.8 Å². The lowest BCUT2D eigenvalue weighted by Crippen LogP contribution is -1.69. The molecule has 0 spiro atoms. The first kappa shape index (κ1) is 9.80. The minimum absolute atomic E-state index is 0.785. The van der Waals surface area contributed by atoms with Gasteiger partial charge in [0.2, 0.25) is 5.13 Å². The van der Waals surface area contributed by atoms with Crippen LogP contribution in [-0.4, -0.2) is 11.2 Å². The fourth-order valence-corrected chi connectivity index (χ4v) is 1.59. The third-order valence-electron chi connectivity index (χ3n) is 1.78. The van der Waals surface area contributed by atoms with Gasteiger partial charge < -0.3 is 0 Å². The van der Waals surface area contributed by atoms with Crippen LogP contribution in [0, 0.1) is 0 Å². The molecule has 3 heteroatoms. The van der Waals surface area contributed by atoms with Crippen molar-refractivity contribution in [2.75, 3.05) is 0 Å². The van der Waals surface area contributed by atoms with E-state index in [4.69, 9.17) is 0 Å². The van der Waals surface area contributed by atoms with Gasteiger partial charge in [0, 0.05) is 17.8 Å². The summed E-state index contributed by atoms with van der Waals surface area (Å²) in [6, 6.07) is 10.1. The Bertz CT molecular complexity index is 444. The Hall–Kier alpha value is -1.74. The van der Waals surface area contributed by atoms with Gasteiger partial charge in [-0.15, -0.1) is 11.3 Å². The second-order valence-electron chi connectivity index (χ2n) is 2.86. The van der Waals surface area contributed by atoms with E-state index in [-0.39, 0.29) is 0 Å². The van der Waals surface area contributed by atoms with E-state index in [1.54, 1.807) is 12.4 Å². The fraction of sp³-hybridized carbons (Fsp3) is 0. The Morgan fingerprint density at radius 1 is 1.20 bits per heavy atom. The smallest absolute Gasteiger partial charge is 0.208 e. The van der Waals surface area contributed by atoms with Crippen LogP contribution in [0.4, 0.5) is 5.13 Å². The molecular formula is C12H10N2S. The van der Waals surface area contributed by atoms with Crippen molar-refractivity contribution in [2.24, 2.45) is 4.99 Å². The zero-order valence-corrected chi connectivity index (χ0v) is 8.89. The zero-order chi connectivity index (χ0) is 10.3. The molecule has 0 unspecified atom stereocenters. The number of hydrogen-bond donors (Lipinski definition) is 0. The summed E-state index contributed by atoms with van der Waals surface area (Å²) in [6.45, 7) is 0. The van der Waals surface area contributed by atoms with Crippen molar-refractivity contribution in [2.45, 2.75) is 0 Å². The first-order valence-electron chi connectivity index (χ1n) is 4.60. The molecular weight excluding hydrogens is 204 g/mol. The summed E-state index contributed by atoms with van der Waals surface area (Å²) in [4.78, 5) is 8.22. The lowest BCUT2D eigenvalue weighted by Gasteiger charge is -1.87. The second-order valence-corrected chi connectivity index (χ2v) is 3.74. The minimum atomic E-state index is 0.785. The molecule has 0 radical (unpaired) electrons. The van der Waals surface area contributed by atoms with E-state index >= 15 is 0 Å². The van der Waals surface area contributed by atoms with Crippen LogP contribution in [-0.2, 0) is 0 Å². The van der Waals surface area contributed by atoms with Gasteiger partial charge in [-0.3, -0.25) is 0 Å². The van der Waals surface area contributed by atoms with Gasteiger partial charge in [-0.25, -0.2) is 9.98 Å². The van der Waals surface area contributed by atoms with Gasteiger partial charge in [0.25, 0.3) is 0 Å². The maximum absolute atomic E-state index is 4.18. The van der Waals surface area contributed by atoms with Crippen molar-refractivity contribution in [1.82, 2.24) is 4.98 Å². The SMILES string of the molecule is C(=Cc1ccccc1)C=Nc1nccs1. The summed E-state index contributed by atoms with van der Waals surface area (Å²) in [7, 11) is 0. The van der Waals surface area contributed by atoms with Crippen molar-refractivity contribution in [3.8, 4) is 0 Å². The first-order chi connectivity index (χ1) is 7.45. The van der Waals surface area contributed by atoms with Crippen molar-refractivity contribution in [3.05, 3.63) is 53.5 Å². The van der Waals surface area contributed by atoms with Gasteiger partial charge in [-0.05, 0) is 11.6 Å². The third kappa shape index (κ3) is 3.14. The van der Waals surface area contributed by atoms with Gasteiger partial charge in [0.1, 0.15) is 0 Å². The highest BCUT2D eigenvalue weighted by atomic mass is 32.1. The monoisotopic (exact) mass is 214 g/mol. The van der Waals surface area contributed by atoms with Crippen molar-refractivity contribution in [3.63, 3.8) is 0 Å². The molecule has 0 bridgehead atoms. The Kier molecular flexibility index (Phi) is 3.41. The van der Waals surface area contributed by atoms with Crippen LogP contribution < -0.4 is 0 Å². The normalized spacial score (nSPS) is 11.5. The Morgan fingerprint density at radius 3 is 2.80 bits per heavy atom. The van der Waals surface area contributed by atoms with Crippen molar-refractivity contribution < 1.29 is 0 Å². The lowest BCUT2D eigenvalue weighted by molar-refractivity contribution is 1.37. The molecule has 0 saturated carbocycles. The summed E-state index contributed by atoms with van der Waals surface area (Å²) >= 11 is 1.53. The molecule has 1 aromatic heterocycles. The van der Waals surface area contributed by atoms with Crippen LogP contribution in [0.5, 0.6) is 0 Å². The summed E-state index contributed by atoms with van der Waals surface area (Å²) in [5, 5.41) is 2.70. The van der Waals surface area contributed by atoms with E-state index in [0.717, 1.165) is 5.13 Å². The van der Waals surface area contributed by atoms with E-state index in [0.29, 0.717) is 0 Å².